The average Bonchev–Trinajstić information content (AvgIpc) is 2.77. The fourth-order valence-electron chi connectivity index (χ4n) is 2.74. The number of benzene rings is 2. The molecule has 2 rings (SSSR count). The highest BCUT2D eigenvalue weighted by atomic mass is 16.4. The molecule has 170 valence electrons. The Morgan fingerprint density at radius 2 is 0.853 bits per heavy atom. The van der Waals surface area contributed by atoms with Crippen molar-refractivity contribution in [1.82, 2.24) is 0 Å². The van der Waals surface area contributed by atoms with E-state index in [2.05, 4.69) is 11.8 Å². The third-order valence-corrected chi connectivity index (χ3v) is 4.07. The quantitative estimate of drug-likeness (QED) is 0.405. The van der Waals surface area contributed by atoms with Gasteiger partial charge in [-0.25, -0.2) is 14.4 Å². The molecule has 0 unspecified atom stereocenters. The van der Waals surface area contributed by atoms with E-state index < -0.39 is 17.9 Å². The third kappa shape index (κ3) is 9.45. The molecule has 0 aliphatic carbocycles. The van der Waals surface area contributed by atoms with Crippen LogP contribution in [0.2, 0.25) is 0 Å². The molecule has 0 saturated carbocycles. The van der Waals surface area contributed by atoms with Gasteiger partial charge in [-0.15, -0.1) is 0 Å². The number of aliphatic carboxylic acids is 3. The Bertz CT molecular complexity index is 1130. The van der Waals surface area contributed by atoms with E-state index in [9.17, 15) is 19.2 Å². The number of hydrogen-bond donors (Lipinski definition) is 3. The van der Waals surface area contributed by atoms with Crippen molar-refractivity contribution in [3.63, 3.8) is 0 Å². The highest BCUT2D eigenvalue weighted by Crippen LogP contribution is 2.16. The van der Waals surface area contributed by atoms with Crippen molar-refractivity contribution in [2.75, 3.05) is 0 Å². The largest absolute Gasteiger partial charge is 0.478 e. The zero-order chi connectivity index (χ0) is 25.1. The standard InChI is InChI=1S/C27H20O7/c1-18(28)2-3-19-12-20(14-22(13-19)6-9-25(29)30)4-5-21-15-23(7-10-26(31)32)17-24(16-21)8-11-27(33)34/h2-3,6-17H,1H3,(H,29,30)(H,31,32)(H,33,34)/b3-2+,9-6+,10-7+,11-8+. The lowest BCUT2D eigenvalue weighted by atomic mass is 10.0. The second-order valence-corrected chi connectivity index (χ2v) is 6.99. The van der Waals surface area contributed by atoms with Crippen LogP contribution in [0.3, 0.4) is 0 Å². The van der Waals surface area contributed by atoms with Crippen LogP contribution < -0.4 is 0 Å². The topological polar surface area (TPSA) is 129 Å². The summed E-state index contributed by atoms with van der Waals surface area (Å²) >= 11 is 0. The van der Waals surface area contributed by atoms with Gasteiger partial charge in [0.05, 0.1) is 0 Å². The number of hydrogen-bond acceptors (Lipinski definition) is 4. The Kier molecular flexibility index (Phi) is 9.06. The van der Waals surface area contributed by atoms with E-state index in [-0.39, 0.29) is 5.78 Å². The lowest BCUT2D eigenvalue weighted by molar-refractivity contribution is -0.132. The number of allylic oxidation sites excluding steroid dienone is 1. The summed E-state index contributed by atoms with van der Waals surface area (Å²) in [6, 6.07) is 10.0. The van der Waals surface area contributed by atoms with E-state index in [0.29, 0.717) is 33.4 Å². The molecular formula is C27H20O7. The van der Waals surface area contributed by atoms with Crippen molar-refractivity contribution >= 4 is 48.0 Å². The lowest BCUT2D eigenvalue weighted by Crippen LogP contribution is -1.89. The van der Waals surface area contributed by atoms with Gasteiger partial charge in [0.1, 0.15) is 0 Å². The first kappa shape index (κ1) is 25.3. The summed E-state index contributed by atoms with van der Waals surface area (Å²) in [4.78, 5) is 43.8. The molecule has 7 heteroatoms. The molecule has 0 radical (unpaired) electrons. The minimum absolute atomic E-state index is 0.146. The van der Waals surface area contributed by atoms with Gasteiger partial charge >= 0.3 is 17.9 Å². The second-order valence-electron chi connectivity index (χ2n) is 6.99. The summed E-state index contributed by atoms with van der Waals surface area (Å²) < 4.78 is 0. The van der Waals surface area contributed by atoms with Crippen molar-refractivity contribution in [2.45, 2.75) is 6.92 Å². The van der Waals surface area contributed by atoms with Crippen LogP contribution in [-0.4, -0.2) is 39.0 Å². The molecule has 34 heavy (non-hydrogen) atoms. The monoisotopic (exact) mass is 456 g/mol. The summed E-state index contributed by atoms with van der Waals surface area (Å²) in [6.45, 7) is 1.41. The van der Waals surface area contributed by atoms with Crippen LogP contribution in [0.25, 0.3) is 24.3 Å². The lowest BCUT2D eigenvalue weighted by Gasteiger charge is -2.02. The van der Waals surface area contributed by atoms with Gasteiger partial charge < -0.3 is 15.3 Å². The maximum absolute atomic E-state index is 11.3. The maximum atomic E-state index is 11.3. The highest BCUT2D eigenvalue weighted by Gasteiger charge is 2.00. The molecule has 0 heterocycles. The Morgan fingerprint density at radius 1 is 0.559 bits per heavy atom. The molecule has 0 bridgehead atoms. The summed E-state index contributed by atoms with van der Waals surface area (Å²) in [6.07, 6.45) is 10.0. The highest BCUT2D eigenvalue weighted by molar-refractivity contribution is 5.92. The SMILES string of the molecule is CC(=O)/C=C/c1cc(C#Cc2cc(/C=C/C(=O)O)cc(/C=C/C(=O)O)c2)cc(/C=C/C(=O)O)c1. The third-order valence-electron chi connectivity index (χ3n) is 4.07. The molecule has 0 amide bonds. The molecule has 7 nitrogen and oxygen atoms in total. The average molecular weight is 456 g/mol. The summed E-state index contributed by atoms with van der Waals surface area (Å²) in [5, 5.41) is 26.6. The van der Waals surface area contributed by atoms with Gasteiger partial charge in [-0.3, -0.25) is 4.79 Å². The first-order valence-electron chi connectivity index (χ1n) is 9.84. The molecule has 0 saturated heterocycles. The smallest absolute Gasteiger partial charge is 0.328 e. The second kappa shape index (κ2) is 12.2. The maximum Gasteiger partial charge on any atom is 0.328 e. The number of carboxylic acid groups (broad SMARTS) is 3. The van der Waals surface area contributed by atoms with Gasteiger partial charge in [-0.2, -0.15) is 0 Å². The van der Waals surface area contributed by atoms with Crippen LogP contribution in [0.1, 0.15) is 40.3 Å². The molecule has 3 N–H and O–H groups in total. The minimum atomic E-state index is -1.13. The van der Waals surface area contributed by atoms with Crippen LogP contribution >= 0.6 is 0 Å². The molecule has 2 aromatic carbocycles. The summed E-state index contributed by atoms with van der Waals surface area (Å²) in [7, 11) is 0. The normalized spacial score (nSPS) is 11.2. The van der Waals surface area contributed by atoms with Crippen molar-refractivity contribution in [2.24, 2.45) is 0 Å². The Labute approximate surface area is 195 Å². The first-order valence-corrected chi connectivity index (χ1v) is 9.84. The van der Waals surface area contributed by atoms with Gasteiger partial charge in [0.15, 0.2) is 5.78 Å². The van der Waals surface area contributed by atoms with Crippen molar-refractivity contribution in [3.05, 3.63) is 94.1 Å². The van der Waals surface area contributed by atoms with Crippen molar-refractivity contribution < 1.29 is 34.5 Å². The molecular weight excluding hydrogens is 436 g/mol. The Balaban J connectivity index is 2.54. The molecule has 0 aromatic heterocycles. The van der Waals surface area contributed by atoms with Crippen LogP contribution in [0.5, 0.6) is 0 Å². The van der Waals surface area contributed by atoms with Crippen LogP contribution in [0.4, 0.5) is 0 Å². The van der Waals surface area contributed by atoms with Crippen molar-refractivity contribution in [1.29, 1.82) is 0 Å². The molecule has 0 atom stereocenters. The molecule has 2 aromatic rings. The van der Waals surface area contributed by atoms with E-state index in [1.54, 1.807) is 42.5 Å². The van der Waals surface area contributed by atoms with Crippen LogP contribution in [-0.2, 0) is 19.2 Å². The van der Waals surface area contributed by atoms with Gasteiger partial charge in [0.2, 0.25) is 0 Å². The predicted octanol–water partition coefficient (Wildman–Crippen LogP) is 3.98. The van der Waals surface area contributed by atoms with Crippen molar-refractivity contribution in [3.8, 4) is 11.8 Å². The van der Waals surface area contributed by atoms with Crippen LogP contribution in [0, 0.1) is 11.8 Å². The summed E-state index contributed by atoms with van der Waals surface area (Å²) in [5.41, 5.74) is 3.30. The van der Waals surface area contributed by atoms with Gasteiger partial charge in [-0.1, -0.05) is 17.9 Å². The zero-order valence-electron chi connectivity index (χ0n) is 18.1. The Morgan fingerprint density at radius 3 is 1.12 bits per heavy atom. The van der Waals surface area contributed by atoms with E-state index >= 15 is 0 Å². The van der Waals surface area contributed by atoms with Crippen LogP contribution in [0.15, 0.2) is 60.7 Å². The molecule has 0 spiro atoms. The molecule has 0 aliphatic rings. The minimum Gasteiger partial charge on any atom is -0.478 e. The van der Waals surface area contributed by atoms with E-state index in [1.807, 2.05) is 0 Å². The van der Waals surface area contributed by atoms with E-state index in [0.717, 1.165) is 18.2 Å². The van der Waals surface area contributed by atoms with E-state index in [1.165, 1.54) is 31.2 Å². The fraction of sp³-hybridized carbons (Fsp3) is 0.0370. The first-order chi connectivity index (χ1) is 16.1. The predicted molar refractivity (Wildman–Crippen MR) is 129 cm³/mol. The zero-order valence-corrected chi connectivity index (χ0v) is 18.1. The summed E-state index contributed by atoms with van der Waals surface area (Å²) in [5.74, 6) is 2.42. The van der Waals surface area contributed by atoms with Gasteiger partial charge in [0.25, 0.3) is 0 Å². The number of rotatable bonds is 8. The number of carbonyl (C=O) groups excluding carboxylic acids is 1. The molecule has 0 aliphatic heterocycles. The van der Waals surface area contributed by atoms with E-state index in [4.69, 9.17) is 15.3 Å². The number of carboxylic acids is 3. The number of carbonyl (C=O) groups is 4. The van der Waals surface area contributed by atoms with Gasteiger partial charge in [-0.05, 0) is 89.9 Å². The fourth-order valence-corrected chi connectivity index (χ4v) is 2.74. The molecule has 0 fully saturated rings. The van der Waals surface area contributed by atoms with Gasteiger partial charge in [0, 0.05) is 29.4 Å². The number of ketones is 1. The Hall–Kier alpha value is -4.96.